The molecule has 0 radical (unpaired) electrons. The molecule has 1 amide bonds. The molecule has 0 bridgehead atoms. The van der Waals surface area contributed by atoms with Gasteiger partial charge in [0.15, 0.2) is 0 Å². The Morgan fingerprint density at radius 3 is 2.30 bits per heavy atom. The fraction of sp³-hybridized carbons (Fsp3) is 0.300. The minimum absolute atomic E-state index is 0.339. The quantitative estimate of drug-likeness (QED) is 0.625. The molecule has 1 heterocycles. The van der Waals surface area contributed by atoms with Gasteiger partial charge in [0, 0.05) is 30.4 Å². The van der Waals surface area contributed by atoms with Gasteiger partial charge in [-0.25, -0.2) is 5.43 Å². The second-order valence-corrected chi connectivity index (χ2v) is 5.99. The van der Waals surface area contributed by atoms with Crippen molar-refractivity contribution in [1.29, 1.82) is 0 Å². The summed E-state index contributed by atoms with van der Waals surface area (Å²) in [6.45, 7) is 3.30. The average molecular weight is 369 g/mol. The van der Waals surface area contributed by atoms with E-state index in [1.54, 1.807) is 24.4 Å². The Bertz CT molecular complexity index is 777. The zero-order chi connectivity index (χ0) is 19.1. The number of morpholine rings is 1. The van der Waals surface area contributed by atoms with Crippen molar-refractivity contribution in [1.82, 2.24) is 5.43 Å². The summed E-state index contributed by atoms with van der Waals surface area (Å²) in [5.41, 5.74) is 4.98. The molecule has 27 heavy (non-hydrogen) atoms. The number of methoxy groups -OCH3 is 2. The summed E-state index contributed by atoms with van der Waals surface area (Å²) in [4.78, 5) is 14.6. The Kier molecular flexibility index (Phi) is 6.27. The number of hydrogen-bond donors (Lipinski definition) is 1. The maximum Gasteiger partial charge on any atom is 0.271 e. The molecule has 1 N–H and O–H groups in total. The molecular weight excluding hydrogens is 346 g/mol. The normalized spacial score (nSPS) is 14.2. The highest BCUT2D eigenvalue weighted by Crippen LogP contribution is 2.22. The molecule has 3 rings (SSSR count). The second-order valence-electron chi connectivity index (χ2n) is 5.99. The maximum atomic E-state index is 12.3. The van der Waals surface area contributed by atoms with Crippen LogP contribution in [-0.2, 0) is 4.74 Å². The van der Waals surface area contributed by atoms with E-state index in [-0.39, 0.29) is 5.91 Å². The smallest absolute Gasteiger partial charge is 0.271 e. The number of anilines is 1. The molecular formula is C20H23N3O4. The zero-order valence-corrected chi connectivity index (χ0v) is 15.5. The lowest BCUT2D eigenvalue weighted by molar-refractivity contribution is 0.0954. The van der Waals surface area contributed by atoms with Crippen LogP contribution in [0.15, 0.2) is 47.6 Å². The number of carbonyl (C=O) groups excluding carboxylic acids is 1. The second kappa shape index (κ2) is 9.05. The first-order valence-electron chi connectivity index (χ1n) is 8.69. The first-order chi connectivity index (χ1) is 13.2. The van der Waals surface area contributed by atoms with Crippen molar-refractivity contribution in [3.05, 3.63) is 53.6 Å². The molecule has 0 unspecified atom stereocenters. The summed E-state index contributed by atoms with van der Waals surface area (Å²) in [5.74, 6) is 0.748. The lowest BCUT2D eigenvalue weighted by atomic mass is 10.2. The fourth-order valence-electron chi connectivity index (χ4n) is 2.76. The molecule has 142 valence electrons. The van der Waals surface area contributed by atoms with Gasteiger partial charge in [-0.2, -0.15) is 5.10 Å². The van der Waals surface area contributed by atoms with Crippen LogP contribution in [-0.4, -0.2) is 52.6 Å². The first-order valence-corrected chi connectivity index (χ1v) is 8.69. The SMILES string of the molecule is COc1cc(OC)cc(C(=O)N/N=C/c2ccc(N3CCOCC3)cc2)c1. The Labute approximate surface area is 158 Å². The van der Waals surface area contributed by atoms with Crippen LogP contribution in [0, 0.1) is 0 Å². The topological polar surface area (TPSA) is 72.4 Å². The van der Waals surface area contributed by atoms with Crippen molar-refractivity contribution >= 4 is 17.8 Å². The summed E-state index contributed by atoms with van der Waals surface area (Å²) in [6.07, 6.45) is 1.61. The van der Waals surface area contributed by atoms with Gasteiger partial charge < -0.3 is 19.1 Å². The summed E-state index contributed by atoms with van der Waals surface area (Å²) in [5, 5.41) is 4.03. The van der Waals surface area contributed by atoms with Gasteiger partial charge in [0.1, 0.15) is 11.5 Å². The van der Waals surface area contributed by atoms with Crippen molar-refractivity contribution in [3.63, 3.8) is 0 Å². The van der Waals surface area contributed by atoms with Gasteiger partial charge in [-0.15, -0.1) is 0 Å². The van der Waals surface area contributed by atoms with E-state index in [9.17, 15) is 4.79 Å². The summed E-state index contributed by atoms with van der Waals surface area (Å²) >= 11 is 0. The molecule has 1 aliphatic heterocycles. The van der Waals surface area contributed by atoms with E-state index in [1.807, 2.05) is 24.3 Å². The average Bonchev–Trinajstić information content (AvgIpc) is 2.74. The molecule has 1 saturated heterocycles. The number of hydrogen-bond acceptors (Lipinski definition) is 6. The highest BCUT2D eigenvalue weighted by molar-refractivity contribution is 5.95. The van der Waals surface area contributed by atoms with Gasteiger partial charge in [0.2, 0.25) is 0 Å². The van der Waals surface area contributed by atoms with Crippen LogP contribution in [0.4, 0.5) is 5.69 Å². The molecule has 7 nitrogen and oxygen atoms in total. The number of hydrazone groups is 1. The predicted octanol–water partition coefficient (Wildman–Crippen LogP) is 2.30. The van der Waals surface area contributed by atoms with E-state index in [0.717, 1.165) is 37.6 Å². The fourth-order valence-corrected chi connectivity index (χ4v) is 2.76. The van der Waals surface area contributed by atoms with E-state index in [0.29, 0.717) is 17.1 Å². The van der Waals surface area contributed by atoms with E-state index in [4.69, 9.17) is 14.2 Å². The summed E-state index contributed by atoms with van der Waals surface area (Å²) in [7, 11) is 3.07. The third-order valence-corrected chi connectivity index (χ3v) is 4.26. The molecule has 0 aliphatic carbocycles. The van der Waals surface area contributed by atoms with Gasteiger partial charge in [-0.1, -0.05) is 12.1 Å². The van der Waals surface area contributed by atoms with Gasteiger partial charge in [0.05, 0.1) is 33.6 Å². The number of benzene rings is 2. The highest BCUT2D eigenvalue weighted by atomic mass is 16.5. The number of nitrogens with zero attached hydrogens (tertiary/aromatic N) is 2. The molecule has 0 aromatic heterocycles. The van der Waals surface area contributed by atoms with E-state index in [1.165, 1.54) is 14.2 Å². The van der Waals surface area contributed by atoms with Crippen molar-refractivity contribution in [2.45, 2.75) is 0 Å². The van der Waals surface area contributed by atoms with Crippen molar-refractivity contribution in [2.24, 2.45) is 5.10 Å². The van der Waals surface area contributed by atoms with Crippen molar-refractivity contribution < 1.29 is 19.0 Å². The Hall–Kier alpha value is -3.06. The van der Waals surface area contributed by atoms with E-state index < -0.39 is 0 Å². The Morgan fingerprint density at radius 2 is 1.70 bits per heavy atom. The Balaban J connectivity index is 1.60. The number of ether oxygens (including phenoxy) is 3. The van der Waals surface area contributed by atoms with E-state index in [2.05, 4.69) is 15.4 Å². The first kappa shape index (κ1) is 18.7. The van der Waals surface area contributed by atoms with Crippen molar-refractivity contribution in [2.75, 3.05) is 45.4 Å². The minimum Gasteiger partial charge on any atom is -0.497 e. The van der Waals surface area contributed by atoms with Gasteiger partial charge in [-0.05, 0) is 29.8 Å². The van der Waals surface area contributed by atoms with Crippen LogP contribution >= 0.6 is 0 Å². The lowest BCUT2D eigenvalue weighted by Gasteiger charge is -2.28. The summed E-state index contributed by atoms with van der Waals surface area (Å²) in [6, 6.07) is 13.0. The minimum atomic E-state index is -0.339. The number of carbonyl (C=O) groups is 1. The van der Waals surface area contributed by atoms with Gasteiger partial charge >= 0.3 is 0 Å². The van der Waals surface area contributed by atoms with Crippen LogP contribution in [0.2, 0.25) is 0 Å². The van der Waals surface area contributed by atoms with Crippen LogP contribution < -0.4 is 19.8 Å². The van der Waals surface area contributed by atoms with Gasteiger partial charge in [-0.3, -0.25) is 4.79 Å². The molecule has 1 fully saturated rings. The molecule has 2 aromatic carbocycles. The number of nitrogens with one attached hydrogen (secondary N) is 1. The molecule has 0 atom stereocenters. The Morgan fingerprint density at radius 1 is 1.07 bits per heavy atom. The van der Waals surface area contributed by atoms with Gasteiger partial charge in [0.25, 0.3) is 5.91 Å². The predicted molar refractivity (Wildman–Crippen MR) is 104 cm³/mol. The van der Waals surface area contributed by atoms with Crippen LogP contribution in [0.1, 0.15) is 15.9 Å². The van der Waals surface area contributed by atoms with Crippen LogP contribution in [0.25, 0.3) is 0 Å². The third-order valence-electron chi connectivity index (χ3n) is 4.26. The third kappa shape index (κ3) is 4.98. The lowest BCUT2D eigenvalue weighted by Crippen LogP contribution is -2.36. The monoisotopic (exact) mass is 369 g/mol. The number of amides is 1. The highest BCUT2D eigenvalue weighted by Gasteiger charge is 2.11. The molecule has 2 aromatic rings. The zero-order valence-electron chi connectivity index (χ0n) is 15.5. The van der Waals surface area contributed by atoms with Crippen molar-refractivity contribution in [3.8, 4) is 11.5 Å². The number of rotatable bonds is 6. The van der Waals surface area contributed by atoms with Crippen LogP contribution in [0.3, 0.4) is 0 Å². The maximum absolute atomic E-state index is 12.3. The van der Waals surface area contributed by atoms with E-state index >= 15 is 0 Å². The standard InChI is InChI=1S/C20H23N3O4/c1-25-18-11-16(12-19(13-18)26-2)20(24)22-21-14-15-3-5-17(6-4-15)23-7-9-27-10-8-23/h3-6,11-14H,7-10H2,1-2H3,(H,22,24)/b21-14+. The summed E-state index contributed by atoms with van der Waals surface area (Å²) < 4.78 is 15.7. The molecule has 0 spiro atoms. The molecule has 1 aliphatic rings. The largest absolute Gasteiger partial charge is 0.497 e. The molecule has 7 heteroatoms. The molecule has 0 saturated carbocycles. The van der Waals surface area contributed by atoms with Crippen LogP contribution in [0.5, 0.6) is 11.5 Å².